The van der Waals surface area contributed by atoms with Crippen molar-refractivity contribution in [3.8, 4) is 0 Å². The van der Waals surface area contributed by atoms with Crippen molar-refractivity contribution in [1.82, 2.24) is 0 Å². The van der Waals surface area contributed by atoms with Crippen LogP contribution in [0, 0.1) is 5.41 Å². The Kier molecular flexibility index (Phi) is 4.07. The Morgan fingerprint density at radius 1 is 1.47 bits per heavy atom. The fraction of sp³-hybridized carbons (Fsp3) is 0.462. The fourth-order valence-corrected chi connectivity index (χ4v) is 3.13. The zero-order chi connectivity index (χ0) is 12.3. The molecular formula is C13H18N2OS. The number of rotatable bonds is 4. The zero-order valence-electron chi connectivity index (χ0n) is 9.98. The van der Waals surface area contributed by atoms with Crippen molar-refractivity contribution >= 4 is 17.6 Å². The smallest absolute Gasteiger partial charge is 0.122 e. The van der Waals surface area contributed by atoms with E-state index in [2.05, 4.69) is 6.92 Å². The van der Waals surface area contributed by atoms with Crippen molar-refractivity contribution in [3.63, 3.8) is 0 Å². The summed E-state index contributed by atoms with van der Waals surface area (Å²) in [4.78, 5) is 0. The highest BCUT2D eigenvalue weighted by Gasteiger charge is 2.24. The highest BCUT2D eigenvalue weighted by atomic mass is 32.2. The van der Waals surface area contributed by atoms with Crippen molar-refractivity contribution in [1.29, 1.82) is 5.41 Å². The van der Waals surface area contributed by atoms with Crippen LogP contribution in [0.3, 0.4) is 0 Å². The van der Waals surface area contributed by atoms with Gasteiger partial charge in [-0.2, -0.15) is 11.8 Å². The Labute approximate surface area is 106 Å². The maximum Gasteiger partial charge on any atom is 0.122 e. The van der Waals surface area contributed by atoms with Crippen LogP contribution in [0.15, 0.2) is 24.3 Å². The second-order valence-corrected chi connectivity index (χ2v) is 5.55. The summed E-state index contributed by atoms with van der Waals surface area (Å²) in [6.07, 6.45) is 1.52. The lowest BCUT2D eigenvalue weighted by molar-refractivity contribution is 0.127. The molecule has 0 spiro atoms. The van der Waals surface area contributed by atoms with Gasteiger partial charge in [0.2, 0.25) is 0 Å². The molecule has 2 rings (SSSR count). The third-order valence-electron chi connectivity index (χ3n) is 3.04. The van der Waals surface area contributed by atoms with E-state index in [4.69, 9.17) is 15.9 Å². The van der Waals surface area contributed by atoms with E-state index in [0.29, 0.717) is 11.4 Å². The first-order chi connectivity index (χ1) is 8.16. The van der Waals surface area contributed by atoms with Gasteiger partial charge < -0.3 is 10.5 Å². The number of benzene rings is 1. The molecule has 17 heavy (non-hydrogen) atoms. The first kappa shape index (κ1) is 12.5. The molecular weight excluding hydrogens is 232 g/mol. The fourth-order valence-electron chi connectivity index (χ4n) is 1.91. The van der Waals surface area contributed by atoms with Gasteiger partial charge >= 0.3 is 0 Å². The predicted molar refractivity (Wildman–Crippen MR) is 72.6 cm³/mol. The van der Waals surface area contributed by atoms with Crippen molar-refractivity contribution in [3.05, 3.63) is 35.4 Å². The third kappa shape index (κ3) is 3.23. The standard InChI is InChI=1S/C13H18N2OS/c1-9-12(6-7-16-9)17-8-10-2-4-11(5-3-10)13(14)15/h2-5,9,12H,6-8H2,1H3,(H3,14,15). The van der Waals surface area contributed by atoms with Crippen LogP contribution in [-0.2, 0) is 10.5 Å². The van der Waals surface area contributed by atoms with E-state index in [9.17, 15) is 0 Å². The minimum atomic E-state index is 0.127. The molecule has 0 radical (unpaired) electrons. The van der Waals surface area contributed by atoms with Gasteiger partial charge in [0, 0.05) is 23.2 Å². The average Bonchev–Trinajstić information content (AvgIpc) is 2.73. The normalized spacial score (nSPS) is 23.8. The van der Waals surface area contributed by atoms with Gasteiger partial charge in [-0.05, 0) is 18.9 Å². The summed E-state index contributed by atoms with van der Waals surface area (Å²) in [5.41, 5.74) is 7.48. The van der Waals surface area contributed by atoms with Gasteiger partial charge in [0.15, 0.2) is 0 Å². The number of ether oxygens (including phenoxy) is 1. The maximum absolute atomic E-state index is 7.33. The summed E-state index contributed by atoms with van der Waals surface area (Å²) in [7, 11) is 0. The molecule has 2 unspecified atom stereocenters. The van der Waals surface area contributed by atoms with E-state index in [-0.39, 0.29) is 5.84 Å². The van der Waals surface area contributed by atoms with Gasteiger partial charge in [-0.25, -0.2) is 0 Å². The van der Waals surface area contributed by atoms with Crippen molar-refractivity contribution in [2.45, 2.75) is 30.5 Å². The topological polar surface area (TPSA) is 59.1 Å². The second-order valence-electron chi connectivity index (χ2n) is 4.32. The highest BCUT2D eigenvalue weighted by molar-refractivity contribution is 7.99. The summed E-state index contributed by atoms with van der Waals surface area (Å²) >= 11 is 1.95. The number of thioether (sulfide) groups is 1. The average molecular weight is 250 g/mol. The lowest BCUT2D eigenvalue weighted by Crippen LogP contribution is -2.13. The van der Waals surface area contributed by atoms with Crippen LogP contribution in [0.25, 0.3) is 0 Å². The van der Waals surface area contributed by atoms with Crippen LogP contribution < -0.4 is 5.73 Å². The largest absolute Gasteiger partial charge is 0.384 e. The quantitative estimate of drug-likeness (QED) is 0.637. The van der Waals surface area contributed by atoms with Crippen molar-refractivity contribution in [2.75, 3.05) is 6.61 Å². The molecule has 1 aliphatic rings. The van der Waals surface area contributed by atoms with Gasteiger partial charge in [-0.3, -0.25) is 5.41 Å². The van der Waals surface area contributed by atoms with Crippen LogP contribution in [0.1, 0.15) is 24.5 Å². The Morgan fingerprint density at radius 2 is 2.18 bits per heavy atom. The first-order valence-corrected chi connectivity index (χ1v) is 6.88. The van der Waals surface area contributed by atoms with Gasteiger partial charge in [0.1, 0.15) is 5.84 Å². The van der Waals surface area contributed by atoms with Crippen LogP contribution in [-0.4, -0.2) is 23.8 Å². The van der Waals surface area contributed by atoms with E-state index in [0.717, 1.165) is 24.3 Å². The Bertz CT molecular complexity index is 391. The van der Waals surface area contributed by atoms with Gasteiger partial charge in [-0.1, -0.05) is 24.3 Å². The molecule has 1 fully saturated rings. The highest BCUT2D eigenvalue weighted by Crippen LogP contribution is 2.28. The molecule has 1 aromatic rings. The van der Waals surface area contributed by atoms with Gasteiger partial charge in [-0.15, -0.1) is 0 Å². The predicted octanol–water partition coefficient (Wildman–Crippen LogP) is 2.38. The lowest BCUT2D eigenvalue weighted by atomic mass is 10.1. The van der Waals surface area contributed by atoms with Gasteiger partial charge in [0.05, 0.1) is 6.10 Å². The van der Waals surface area contributed by atoms with Crippen molar-refractivity contribution in [2.24, 2.45) is 5.73 Å². The van der Waals surface area contributed by atoms with E-state index in [1.54, 1.807) is 0 Å². The summed E-state index contributed by atoms with van der Waals surface area (Å²) in [6.45, 7) is 3.03. The number of hydrogen-bond donors (Lipinski definition) is 2. The third-order valence-corrected chi connectivity index (χ3v) is 4.58. The number of nitrogens with two attached hydrogens (primary N) is 1. The van der Waals surface area contributed by atoms with E-state index in [1.807, 2.05) is 36.0 Å². The molecule has 0 saturated carbocycles. The first-order valence-electron chi connectivity index (χ1n) is 5.83. The molecule has 92 valence electrons. The summed E-state index contributed by atoms with van der Waals surface area (Å²) in [5.74, 6) is 1.12. The Balaban J connectivity index is 1.88. The molecule has 0 aliphatic carbocycles. The minimum absolute atomic E-state index is 0.127. The second kappa shape index (κ2) is 5.56. The molecule has 3 nitrogen and oxygen atoms in total. The molecule has 1 heterocycles. The summed E-state index contributed by atoms with van der Waals surface area (Å²) in [5, 5.41) is 7.94. The van der Waals surface area contributed by atoms with Crippen LogP contribution in [0.5, 0.6) is 0 Å². The number of hydrogen-bond acceptors (Lipinski definition) is 3. The monoisotopic (exact) mass is 250 g/mol. The van der Waals surface area contributed by atoms with Crippen LogP contribution in [0.4, 0.5) is 0 Å². The molecule has 0 amide bonds. The number of amidine groups is 1. The van der Waals surface area contributed by atoms with E-state index >= 15 is 0 Å². The molecule has 1 aliphatic heterocycles. The molecule has 1 saturated heterocycles. The SMILES string of the molecule is CC1OCCC1SCc1ccc(C(=N)N)cc1. The summed E-state index contributed by atoms with van der Waals surface area (Å²) < 4.78 is 5.54. The molecule has 0 bridgehead atoms. The lowest BCUT2D eigenvalue weighted by Gasteiger charge is -2.13. The van der Waals surface area contributed by atoms with E-state index < -0.39 is 0 Å². The molecule has 4 heteroatoms. The molecule has 1 aromatic carbocycles. The van der Waals surface area contributed by atoms with Gasteiger partial charge in [0.25, 0.3) is 0 Å². The summed E-state index contributed by atoms with van der Waals surface area (Å²) in [6, 6.07) is 7.91. The molecule has 0 aromatic heterocycles. The Morgan fingerprint density at radius 3 is 2.71 bits per heavy atom. The van der Waals surface area contributed by atoms with Crippen molar-refractivity contribution < 1.29 is 4.74 Å². The Hall–Kier alpha value is -1.00. The van der Waals surface area contributed by atoms with E-state index in [1.165, 1.54) is 5.56 Å². The zero-order valence-corrected chi connectivity index (χ0v) is 10.8. The maximum atomic E-state index is 7.33. The number of nitrogens with one attached hydrogen (secondary N) is 1. The number of nitrogen functional groups attached to an aromatic ring is 1. The minimum Gasteiger partial charge on any atom is -0.384 e. The molecule has 3 N–H and O–H groups in total. The van der Waals surface area contributed by atoms with Crippen LogP contribution >= 0.6 is 11.8 Å². The van der Waals surface area contributed by atoms with Crippen LogP contribution in [0.2, 0.25) is 0 Å². The molecule has 2 atom stereocenters.